The van der Waals surface area contributed by atoms with E-state index in [0.717, 1.165) is 19.3 Å². The lowest BCUT2D eigenvalue weighted by molar-refractivity contribution is 0.0830. The minimum absolute atomic E-state index is 0.0209. The Balaban J connectivity index is 2.13. The number of rotatable bonds is 3. The zero-order valence-corrected chi connectivity index (χ0v) is 13.1. The molecule has 104 valence electrons. The first-order chi connectivity index (χ1) is 8.96. The van der Waals surface area contributed by atoms with E-state index in [1.165, 1.54) is 0 Å². The molecule has 1 aromatic rings. The fraction of sp³-hybridized carbons (Fsp3) is 0.500. The monoisotopic (exact) mass is 345 g/mol. The molecule has 2 atom stereocenters. The summed E-state index contributed by atoms with van der Waals surface area (Å²) in [4.78, 5) is 12.3. The fourth-order valence-corrected chi connectivity index (χ4v) is 3.44. The van der Waals surface area contributed by atoms with Gasteiger partial charge in [0.15, 0.2) is 0 Å². The van der Waals surface area contributed by atoms with Crippen molar-refractivity contribution < 1.29 is 9.90 Å². The molecule has 0 aromatic heterocycles. The molecule has 2 rings (SSSR count). The van der Waals surface area contributed by atoms with Gasteiger partial charge in [0.25, 0.3) is 5.91 Å². The van der Waals surface area contributed by atoms with Crippen LogP contribution < -0.4 is 5.32 Å². The molecular formula is C14H17BrClNO2. The van der Waals surface area contributed by atoms with Crippen molar-refractivity contribution in [3.8, 4) is 0 Å². The smallest absolute Gasteiger partial charge is 0.252 e. The van der Waals surface area contributed by atoms with E-state index in [0.29, 0.717) is 15.1 Å². The Morgan fingerprint density at radius 3 is 3.00 bits per heavy atom. The molecule has 1 fully saturated rings. The minimum atomic E-state index is -0.214. The van der Waals surface area contributed by atoms with E-state index >= 15 is 0 Å². The van der Waals surface area contributed by atoms with Gasteiger partial charge in [-0.15, -0.1) is 0 Å². The van der Waals surface area contributed by atoms with Crippen molar-refractivity contribution >= 4 is 33.4 Å². The maximum atomic E-state index is 12.3. The molecule has 0 saturated heterocycles. The Morgan fingerprint density at radius 1 is 1.63 bits per heavy atom. The zero-order valence-electron chi connectivity index (χ0n) is 10.7. The number of aliphatic hydroxyl groups excluding tert-OH is 1. The number of carbonyl (C=O) groups excluding carboxylic acids is 1. The van der Waals surface area contributed by atoms with Crippen LogP contribution in [0.1, 0.15) is 36.5 Å². The van der Waals surface area contributed by atoms with Crippen LogP contribution in [0.5, 0.6) is 0 Å². The number of aliphatic hydroxyl groups is 1. The summed E-state index contributed by atoms with van der Waals surface area (Å²) in [7, 11) is 0. The molecule has 0 radical (unpaired) electrons. The summed E-state index contributed by atoms with van der Waals surface area (Å²) >= 11 is 9.21. The third-order valence-electron chi connectivity index (χ3n) is 3.92. The van der Waals surface area contributed by atoms with Crippen molar-refractivity contribution in [3.63, 3.8) is 0 Å². The highest BCUT2D eigenvalue weighted by Crippen LogP contribution is 2.37. The maximum Gasteiger partial charge on any atom is 0.252 e. The zero-order chi connectivity index (χ0) is 14.0. The molecule has 3 nitrogen and oxygen atoms in total. The molecule has 1 amide bonds. The molecule has 0 heterocycles. The second kappa shape index (κ2) is 5.81. The van der Waals surface area contributed by atoms with Gasteiger partial charge in [0.2, 0.25) is 0 Å². The Bertz CT molecular complexity index is 494. The molecule has 1 aliphatic carbocycles. The Hall–Kier alpha value is -0.580. The number of nitrogens with one attached hydrogen (secondary N) is 1. The second-order valence-electron chi connectivity index (χ2n) is 5.35. The summed E-state index contributed by atoms with van der Waals surface area (Å²) in [5, 5.41) is 13.1. The van der Waals surface area contributed by atoms with Gasteiger partial charge in [-0.25, -0.2) is 0 Å². The van der Waals surface area contributed by atoms with Crippen molar-refractivity contribution in [1.29, 1.82) is 0 Å². The normalized spacial score (nSPS) is 26.4. The van der Waals surface area contributed by atoms with Crippen molar-refractivity contribution in [3.05, 3.63) is 33.3 Å². The fourth-order valence-electron chi connectivity index (χ4n) is 2.58. The highest BCUT2D eigenvalue weighted by atomic mass is 79.9. The van der Waals surface area contributed by atoms with Crippen LogP contribution in [0.2, 0.25) is 5.02 Å². The number of hydrogen-bond acceptors (Lipinski definition) is 2. The molecule has 5 heteroatoms. The number of benzene rings is 1. The SMILES string of the molecule is CC1(CO)CCCC1NC(=O)c1ccc(Cl)cc1Br. The molecule has 0 aliphatic heterocycles. The van der Waals surface area contributed by atoms with Crippen LogP contribution in [-0.4, -0.2) is 23.7 Å². The first-order valence-electron chi connectivity index (χ1n) is 6.33. The van der Waals surface area contributed by atoms with Crippen LogP contribution in [0.15, 0.2) is 22.7 Å². The lowest BCUT2D eigenvalue weighted by Gasteiger charge is -2.30. The molecule has 1 aromatic carbocycles. The quantitative estimate of drug-likeness (QED) is 0.881. The van der Waals surface area contributed by atoms with Gasteiger partial charge in [-0.1, -0.05) is 24.9 Å². The van der Waals surface area contributed by atoms with Gasteiger partial charge >= 0.3 is 0 Å². The number of hydrogen-bond donors (Lipinski definition) is 2. The van der Waals surface area contributed by atoms with Crippen molar-refractivity contribution in [2.24, 2.45) is 5.41 Å². The first-order valence-corrected chi connectivity index (χ1v) is 7.50. The van der Waals surface area contributed by atoms with Crippen molar-refractivity contribution in [2.45, 2.75) is 32.2 Å². The Kier molecular flexibility index (Phi) is 4.54. The molecule has 1 saturated carbocycles. The molecular weight excluding hydrogens is 330 g/mol. The van der Waals surface area contributed by atoms with Crippen LogP contribution in [0.25, 0.3) is 0 Å². The summed E-state index contributed by atoms with van der Waals surface area (Å²) in [5.74, 6) is -0.130. The van der Waals surface area contributed by atoms with E-state index in [-0.39, 0.29) is 24.0 Å². The second-order valence-corrected chi connectivity index (χ2v) is 6.65. The van der Waals surface area contributed by atoms with Crippen LogP contribution in [0.3, 0.4) is 0 Å². The third kappa shape index (κ3) is 3.12. The standard InChI is InChI=1S/C14H17BrClNO2/c1-14(8-18)6-2-3-12(14)17-13(19)10-5-4-9(16)7-11(10)15/h4-5,7,12,18H,2-3,6,8H2,1H3,(H,17,19). The van der Waals surface area contributed by atoms with E-state index in [1.807, 2.05) is 6.92 Å². The summed E-state index contributed by atoms with van der Waals surface area (Å²) < 4.78 is 0.682. The van der Waals surface area contributed by atoms with Crippen LogP contribution >= 0.6 is 27.5 Å². The molecule has 2 N–H and O–H groups in total. The Labute approximate surface area is 126 Å². The Morgan fingerprint density at radius 2 is 2.37 bits per heavy atom. The summed E-state index contributed by atoms with van der Waals surface area (Å²) in [6.07, 6.45) is 2.88. The van der Waals surface area contributed by atoms with E-state index in [9.17, 15) is 9.90 Å². The summed E-state index contributed by atoms with van der Waals surface area (Å²) in [6, 6.07) is 5.12. The maximum absolute atomic E-state index is 12.3. The molecule has 2 unspecified atom stereocenters. The van der Waals surface area contributed by atoms with E-state index < -0.39 is 0 Å². The van der Waals surface area contributed by atoms with Crippen LogP contribution in [-0.2, 0) is 0 Å². The van der Waals surface area contributed by atoms with Crippen molar-refractivity contribution in [2.75, 3.05) is 6.61 Å². The van der Waals surface area contributed by atoms with E-state index in [2.05, 4.69) is 21.2 Å². The summed E-state index contributed by atoms with van der Waals surface area (Å²) in [6.45, 7) is 2.11. The van der Waals surface area contributed by atoms with Gasteiger partial charge in [-0.2, -0.15) is 0 Å². The van der Waals surface area contributed by atoms with Crippen LogP contribution in [0.4, 0.5) is 0 Å². The highest BCUT2D eigenvalue weighted by Gasteiger charge is 2.39. The first kappa shape index (κ1) is 14.8. The van der Waals surface area contributed by atoms with Crippen LogP contribution in [0, 0.1) is 5.41 Å². The summed E-state index contributed by atoms with van der Waals surface area (Å²) in [5.41, 5.74) is 0.353. The van der Waals surface area contributed by atoms with E-state index in [4.69, 9.17) is 11.6 Å². The molecule has 0 spiro atoms. The van der Waals surface area contributed by atoms with Gasteiger partial charge < -0.3 is 10.4 Å². The predicted octanol–water partition coefficient (Wildman–Crippen LogP) is 3.38. The topological polar surface area (TPSA) is 49.3 Å². The largest absolute Gasteiger partial charge is 0.396 e. The van der Waals surface area contributed by atoms with Gasteiger partial charge in [0, 0.05) is 21.0 Å². The molecule has 1 aliphatic rings. The van der Waals surface area contributed by atoms with E-state index in [1.54, 1.807) is 18.2 Å². The number of halogens is 2. The van der Waals surface area contributed by atoms with Gasteiger partial charge in [0.1, 0.15) is 0 Å². The average Bonchev–Trinajstić information content (AvgIpc) is 2.71. The molecule has 0 bridgehead atoms. The van der Waals surface area contributed by atoms with Gasteiger partial charge in [0.05, 0.1) is 12.2 Å². The predicted molar refractivity (Wildman–Crippen MR) is 79.5 cm³/mol. The highest BCUT2D eigenvalue weighted by molar-refractivity contribution is 9.10. The van der Waals surface area contributed by atoms with Crippen molar-refractivity contribution in [1.82, 2.24) is 5.32 Å². The van der Waals surface area contributed by atoms with Gasteiger partial charge in [-0.05, 0) is 47.0 Å². The minimum Gasteiger partial charge on any atom is -0.396 e. The number of amides is 1. The van der Waals surface area contributed by atoms with Gasteiger partial charge in [-0.3, -0.25) is 4.79 Å². The lowest BCUT2D eigenvalue weighted by Crippen LogP contribution is -2.44. The third-order valence-corrected chi connectivity index (χ3v) is 4.82. The number of carbonyl (C=O) groups is 1. The lowest BCUT2D eigenvalue weighted by atomic mass is 9.85. The molecule has 19 heavy (non-hydrogen) atoms. The average molecular weight is 347 g/mol.